The van der Waals surface area contributed by atoms with Gasteiger partial charge in [0.2, 0.25) is 5.91 Å². The van der Waals surface area contributed by atoms with Gasteiger partial charge in [-0.3, -0.25) is 19.4 Å². The van der Waals surface area contributed by atoms with Crippen LogP contribution >= 0.6 is 0 Å². The number of amides is 1. The van der Waals surface area contributed by atoms with Gasteiger partial charge in [0.15, 0.2) is 0 Å². The predicted octanol–water partition coefficient (Wildman–Crippen LogP) is 2.30. The first kappa shape index (κ1) is 20.8. The third kappa shape index (κ3) is 5.79. The molecule has 6 heteroatoms. The average Bonchev–Trinajstić information content (AvgIpc) is 2.94. The maximum Gasteiger partial charge on any atom is 0.317 e. The third-order valence-corrected chi connectivity index (χ3v) is 6.12. The molecule has 2 atom stereocenters. The van der Waals surface area contributed by atoms with Crippen LogP contribution < -0.4 is 0 Å². The minimum Gasteiger partial charge on any atom is -0.480 e. The number of nitrogens with zero attached hydrogens (tertiary/aromatic N) is 3. The van der Waals surface area contributed by atoms with E-state index in [-0.39, 0.29) is 18.5 Å². The molecule has 6 nitrogen and oxygen atoms in total. The Labute approximate surface area is 168 Å². The summed E-state index contributed by atoms with van der Waals surface area (Å²) in [5, 5.41) is 9.01. The van der Waals surface area contributed by atoms with Crippen molar-refractivity contribution in [1.82, 2.24) is 14.7 Å². The second-order valence-electron chi connectivity index (χ2n) is 8.28. The van der Waals surface area contributed by atoms with E-state index >= 15 is 0 Å². The zero-order chi connectivity index (χ0) is 19.9. The molecule has 2 aliphatic heterocycles. The van der Waals surface area contributed by atoms with E-state index in [1.807, 2.05) is 22.9 Å². The van der Waals surface area contributed by atoms with Crippen LogP contribution in [-0.2, 0) is 16.1 Å². The SMILES string of the molecule is CN(CC(=O)O)[C@H]1CCCN(C(=O)[C@@H]2CCCN(Cc3ccccc3)C2)CC1. The molecule has 2 aliphatic rings. The smallest absolute Gasteiger partial charge is 0.317 e. The minimum atomic E-state index is -0.791. The first-order valence-electron chi connectivity index (χ1n) is 10.5. The van der Waals surface area contributed by atoms with E-state index in [9.17, 15) is 9.59 Å². The summed E-state index contributed by atoms with van der Waals surface area (Å²) in [4.78, 5) is 30.5. The van der Waals surface area contributed by atoms with E-state index in [1.54, 1.807) is 0 Å². The van der Waals surface area contributed by atoms with Crippen molar-refractivity contribution < 1.29 is 14.7 Å². The summed E-state index contributed by atoms with van der Waals surface area (Å²) < 4.78 is 0. The Bertz CT molecular complexity index is 652. The molecule has 1 N–H and O–H groups in total. The number of hydrogen-bond donors (Lipinski definition) is 1. The number of benzene rings is 1. The molecule has 2 saturated heterocycles. The molecule has 1 aromatic carbocycles. The van der Waals surface area contributed by atoms with Gasteiger partial charge in [0.1, 0.15) is 0 Å². The Morgan fingerprint density at radius 3 is 2.57 bits per heavy atom. The monoisotopic (exact) mass is 387 g/mol. The summed E-state index contributed by atoms with van der Waals surface area (Å²) in [6.45, 7) is 4.41. The van der Waals surface area contributed by atoms with Gasteiger partial charge >= 0.3 is 5.97 Å². The molecule has 0 unspecified atom stereocenters. The Hall–Kier alpha value is -1.92. The predicted molar refractivity (Wildman–Crippen MR) is 109 cm³/mol. The molecular formula is C22H33N3O3. The lowest BCUT2D eigenvalue weighted by atomic mass is 9.96. The number of carbonyl (C=O) groups excluding carboxylic acids is 1. The highest BCUT2D eigenvalue weighted by Gasteiger charge is 2.31. The lowest BCUT2D eigenvalue weighted by Gasteiger charge is -2.35. The number of aliphatic carboxylic acids is 1. The van der Waals surface area contributed by atoms with Crippen LogP contribution in [-0.4, -0.2) is 77.5 Å². The van der Waals surface area contributed by atoms with Gasteiger partial charge in [0, 0.05) is 32.2 Å². The first-order valence-corrected chi connectivity index (χ1v) is 10.5. The van der Waals surface area contributed by atoms with Crippen molar-refractivity contribution in [2.45, 2.75) is 44.7 Å². The Morgan fingerprint density at radius 1 is 1.07 bits per heavy atom. The quantitative estimate of drug-likeness (QED) is 0.811. The van der Waals surface area contributed by atoms with Gasteiger partial charge in [0.25, 0.3) is 0 Å². The highest BCUT2D eigenvalue weighted by atomic mass is 16.4. The van der Waals surface area contributed by atoms with Gasteiger partial charge in [0.05, 0.1) is 12.5 Å². The van der Waals surface area contributed by atoms with Crippen LogP contribution in [0.15, 0.2) is 30.3 Å². The molecule has 0 saturated carbocycles. The molecule has 0 aliphatic carbocycles. The first-order chi connectivity index (χ1) is 13.5. The lowest BCUT2D eigenvalue weighted by Crippen LogP contribution is -2.45. The summed E-state index contributed by atoms with van der Waals surface area (Å²) in [7, 11) is 1.87. The van der Waals surface area contributed by atoms with Crippen LogP contribution in [0.1, 0.15) is 37.7 Å². The van der Waals surface area contributed by atoms with Crippen molar-refractivity contribution in [2.75, 3.05) is 39.8 Å². The van der Waals surface area contributed by atoms with Crippen molar-refractivity contribution in [2.24, 2.45) is 5.92 Å². The van der Waals surface area contributed by atoms with Crippen LogP contribution in [0.25, 0.3) is 0 Å². The van der Waals surface area contributed by atoms with Gasteiger partial charge < -0.3 is 10.0 Å². The van der Waals surface area contributed by atoms with E-state index in [1.165, 1.54) is 5.56 Å². The zero-order valence-corrected chi connectivity index (χ0v) is 16.9. The summed E-state index contributed by atoms with van der Waals surface area (Å²) in [6.07, 6.45) is 4.80. The molecule has 154 valence electrons. The molecule has 2 fully saturated rings. The highest BCUT2D eigenvalue weighted by molar-refractivity contribution is 5.79. The van der Waals surface area contributed by atoms with Gasteiger partial charge in [-0.15, -0.1) is 0 Å². The highest BCUT2D eigenvalue weighted by Crippen LogP contribution is 2.23. The standard InChI is InChI=1S/C22H33N3O3/c1-23(17-21(26)27)20-10-6-13-25(14-11-20)22(28)19-9-5-12-24(16-19)15-18-7-3-2-4-8-18/h2-4,7-8,19-20H,5-6,9-17H2,1H3,(H,26,27)/t19-,20+/m1/s1. The topological polar surface area (TPSA) is 64.1 Å². The van der Waals surface area contributed by atoms with Crippen LogP contribution in [0.4, 0.5) is 0 Å². The molecule has 1 aromatic rings. The maximum absolute atomic E-state index is 13.1. The summed E-state index contributed by atoms with van der Waals surface area (Å²) >= 11 is 0. The fraction of sp³-hybridized carbons (Fsp3) is 0.636. The number of carbonyl (C=O) groups is 2. The average molecular weight is 388 g/mol. The van der Waals surface area contributed by atoms with Crippen molar-refractivity contribution in [3.05, 3.63) is 35.9 Å². The van der Waals surface area contributed by atoms with Crippen molar-refractivity contribution >= 4 is 11.9 Å². The normalized spacial score (nSPS) is 24.1. The van der Waals surface area contributed by atoms with Crippen LogP contribution in [0, 0.1) is 5.92 Å². The molecule has 0 bridgehead atoms. The molecule has 0 radical (unpaired) electrons. The number of piperidine rings is 1. The van der Waals surface area contributed by atoms with Crippen LogP contribution in [0.5, 0.6) is 0 Å². The third-order valence-electron chi connectivity index (χ3n) is 6.12. The Kier molecular flexibility index (Phi) is 7.45. The number of hydrogen-bond acceptors (Lipinski definition) is 4. The number of carboxylic acid groups (broad SMARTS) is 1. The fourth-order valence-corrected chi connectivity index (χ4v) is 4.58. The molecular weight excluding hydrogens is 354 g/mol. The molecule has 0 spiro atoms. The number of carboxylic acids is 1. The summed E-state index contributed by atoms with van der Waals surface area (Å²) in [5.74, 6) is -0.412. The molecule has 28 heavy (non-hydrogen) atoms. The van der Waals surface area contributed by atoms with Crippen LogP contribution in [0.2, 0.25) is 0 Å². The van der Waals surface area contributed by atoms with Crippen molar-refractivity contribution in [3.63, 3.8) is 0 Å². The maximum atomic E-state index is 13.1. The van der Waals surface area contributed by atoms with E-state index in [0.29, 0.717) is 5.91 Å². The van der Waals surface area contributed by atoms with E-state index in [4.69, 9.17) is 5.11 Å². The van der Waals surface area contributed by atoms with Gasteiger partial charge in [-0.25, -0.2) is 0 Å². The fourth-order valence-electron chi connectivity index (χ4n) is 4.58. The number of rotatable bonds is 6. The van der Waals surface area contributed by atoms with Gasteiger partial charge in [-0.1, -0.05) is 30.3 Å². The second kappa shape index (κ2) is 10.0. The molecule has 3 rings (SSSR count). The Balaban J connectivity index is 1.52. The largest absolute Gasteiger partial charge is 0.480 e. The van der Waals surface area contributed by atoms with E-state index in [2.05, 4.69) is 29.2 Å². The van der Waals surface area contributed by atoms with E-state index in [0.717, 1.165) is 64.8 Å². The summed E-state index contributed by atoms with van der Waals surface area (Å²) in [5.41, 5.74) is 1.30. The Morgan fingerprint density at radius 2 is 1.82 bits per heavy atom. The number of likely N-dealkylation sites (N-methyl/N-ethyl adjacent to an activating group) is 1. The van der Waals surface area contributed by atoms with Crippen molar-refractivity contribution in [1.29, 1.82) is 0 Å². The minimum absolute atomic E-state index is 0.0652. The zero-order valence-electron chi connectivity index (χ0n) is 16.9. The summed E-state index contributed by atoms with van der Waals surface area (Å²) in [6, 6.07) is 10.7. The van der Waals surface area contributed by atoms with Crippen LogP contribution in [0.3, 0.4) is 0 Å². The molecule has 1 amide bonds. The second-order valence-corrected chi connectivity index (χ2v) is 8.28. The number of likely N-dealkylation sites (tertiary alicyclic amines) is 2. The molecule has 2 heterocycles. The van der Waals surface area contributed by atoms with E-state index < -0.39 is 5.97 Å². The van der Waals surface area contributed by atoms with Gasteiger partial charge in [-0.05, 0) is 51.3 Å². The lowest BCUT2D eigenvalue weighted by molar-refractivity contribution is -0.139. The van der Waals surface area contributed by atoms with Crippen molar-refractivity contribution in [3.8, 4) is 0 Å². The van der Waals surface area contributed by atoms with Gasteiger partial charge in [-0.2, -0.15) is 0 Å². The molecule has 0 aromatic heterocycles.